The molecule has 1 aliphatic rings. The Morgan fingerprint density at radius 2 is 1.92 bits per heavy atom. The topological polar surface area (TPSA) is 49.4 Å². The van der Waals surface area contributed by atoms with E-state index in [9.17, 15) is 9.59 Å². The molecule has 1 aromatic rings. The minimum Gasteiger partial charge on any atom is -0.347 e. The predicted molar refractivity (Wildman–Crippen MR) is 96.9 cm³/mol. The second-order valence-corrected chi connectivity index (χ2v) is 8.16. The number of nitrogens with zero attached hydrogens (tertiary/aromatic N) is 1. The largest absolute Gasteiger partial charge is 0.347 e. The normalized spacial score (nSPS) is 20.0. The van der Waals surface area contributed by atoms with Crippen LogP contribution in [0.2, 0.25) is 0 Å². The molecular formula is C20H30N2O2. The summed E-state index contributed by atoms with van der Waals surface area (Å²) in [6.45, 7) is 9.05. The highest BCUT2D eigenvalue weighted by molar-refractivity contribution is 5.94. The van der Waals surface area contributed by atoms with Crippen molar-refractivity contribution in [1.82, 2.24) is 10.2 Å². The van der Waals surface area contributed by atoms with Crippen molar-refractivity contribution < 1.29 is 9.59 Å². The van der Waals surface area contributed by atoms with Gasteiger partial charge in [0, 0.05) is 31.1 Å². The van der Waals surface area contributed by atoms with Gasteiger partial charge in [-0.25, -0.2) is 0 Å². The molecule has 132 valence electrons. The molecule has 1 heterocycles. The van der Waals surface area contributed by atoms with Gasteiger partial charge in [0.15, 0.2) is 0 Å². The lowest BCUT2D eigenvalue weighted by atomic mass is 9.83. The third-order valence-corrected chi connectivity index (χ3v) is 4.73. The molecule has 1 aromatic carbocycles. The Bertz CT molecular complexity index is 587. The summed E-state index contributed by atoms with van der Waals surface area (Å²) in [6, 6.07) is 7.90. The lowest BCUT2D eigenvalue weighted by Gasteiger charge is -2.33. The Labute approximate surface area is 145 Å². The van der Waals surface area contributed by atoms with Crippen LogP contribution in [0.4, 0.5) is 0 Å². The molecule has 4 nitrogen and oxygen atoms in total. The number of likely N-dealkylation sites (tertiary alicyclic amines) is 1. The Morgan fingerprint density at radius 3 is 2.46 bits per heavy atom. The molecule has 4 heteroatoms. The molecule has 2 atom stereocenters. The van der Waals surface area contributed by atoms with E-state index in [-0.39, 0.29) is 17.4 Å². The first-order chi connectivity index (χ1) is 11.2. The third kappa shape index (κ3) is 5.08. The molecule has 0 saturated carbocycles. The standard InChI is InChI=1S/C20H30N2O2/c1-14(17-10-11-18(23)22(5)13-17)12-15-6-8-16(9-7-15)19(24)21-20(2,3)4/h6-9,14,17H,10-13H2,1-5H3,(H,21,24). The first-order valence-corrected chi connectivity index (χ1v) is 8.81. The molecule has 0 radical (unpaired) electrons. The van der Waals surface area contributed by atoms with E-state index in [2.05, 4.69) is 12.2 Å². The number of carbonyl (C=O) groups excluding carboxylic acids is 2. The summed E-state index contributed by atoms with van der Waals surface area (Å²) in [6.07, 6.45) is 2.63. The molecule has 0 aromatic heterocycles. The number of hydrogen-bond donors (Lipinski definition) is 1. The minimum absolute atomic E-state index is 0.0329. The number of carbonyl (C=O) groups is 2. The van der Waals surface area contributed by atoms with Gasteiger partial charge in [-0.15, -0.1) is 0 Å². The zero-order chi connectivity index (χ0) is 17.9. The fourth-order valence-electron chi connectivity index (χ4n) is 3.25. The smallest absolute Gasteiger partial charge is 0.251 e. The van der Waals surface area contributed by atoms with Crippen molar-refractivity contribution in [2.45, 2.75) is 52.5 Å². The van der Waals surface area contributed by atoms with E-state index in [4.69, 9.17) is 0 Å². The zero-order valence-electron chi connectivity index (χ0n) is 15.6. The molecule has 2 rings (SSSR count). The van der Waals surface area contributed by atoms with Gasteiger partial charge in [0.25, 0.3) is 5.91 Å². The van der Waals surface area contributed by atoms with E-state index in [0.29, 0.717) is 23.8 Å². The summed E-state index contributed by atoms with van der Waals surface area (Å²) >= 11 is 0. The summed E-state index contributed by atoms with van der Waals surface area (Å²) in [4.78, 5) is 25.6. The monoisotopic (exact) mass is 330 g/mol. The van der Waals surface area contributed by atoms with Crippen LogP contribution in [0.3, 0.4) is 0 Å². The maximum atomic E-state index is 12.2. The zero-order valence-corrected chi connectivity index (χ0v) is 15.6. The number of benzene rings is 1. The van der Waals surface area contributed by atoms with Gasteiger partial charge in [0.05, 0.1) is 0 Å². The van der Waals surface area contributed by atoms with Crippen molar-refractivity contribution in [3.05, 3.63) is 35.4 Å². The maximum absolute atomic E-state index is 12.2. The Kier molecular flexibility index (Phi) is 5.68. The molecule has 1 N–H and O–H groups in total. The molecule has 0 spiro atoms. The van der Waals surface area contributed by atoms with Crippen molar-refractivity contribution in [2.24, 2.45) is 11.8 Å². The number of nitrogens with one attached hydrogen (secondary N) is 1. The first-order valence-electron chi connectivity index (χ1n) is 8.81. The van der Waals surface area contributed by atoms with Gasteiger partial charge in [-0.05, 0) is 63.1 Å². The SMILES string of the molecule is CC(Cc1ccc(C(=O)NC(C)(C)C)cc1)C1CCC(=O)N(C)C1. The van der Waals surface area contributed by atoms with Crippen LogP contribution in [0.5, 0.6) is 0 Å². The summed E-state index contributed by atoms with van der Waals surface area (Å²) in [5, 5.41) is 2.98. The van der Waals surface area contributed by atoms with Crippen LogP contribution in [0, 0.1) is 11.8 Å². The van der Waals surface area contributed by atoms with E-state index in [0.717, 1.165) is 19.4 Å². The van der Waals surface area contributed by atoms with Crippen molar-refractivity contribution in [3.8, 4) is 0 Å². The summed E-state index contributed by atoms with van der Waals surface area (Å²) in [5.74, 6) is 1.30. The van der Waals surface area contributed by atoms with Gasteiger partial charge >= 0.3 is 0 Å². The molecule has 1 fully saturated rings. The van der Waals surface area contributed by atoms with E-state index in [1.54, 1.807) is 0 Å². The van der Waals surface area contributed by atoms with E-state index in [1.165, 1.54) is 5.56 Å². The van der Waals surface area contributed by atoms with Crippen LogP contribution in [0.15, 0.2) is 24.3 Å². The fourth-order valence-corrected chi connectivity index (χ4v) is 3.25. The Hall–Kier alpha value is -1.84. The van der Waals surface area contributed by atoms with Gasteiger partial charge in [0.2, 0.25) is 5.91 Å². The Morgan fingerprint density at radius 1 is 1.29 bits per heavy atom. The third-order valence-electron chi connectivity index (χ3n) is 4.73. The van der Waals surface area contributed by atoms with Crippen molar-refractivity contribution in [1.29, 1.82) is 0 Å². The van der Waals surface area contributed by atoms with Gasteiger partial charge in [0.1, 0.15) is 0 Å². The van der Waals surface area contributed by atoms with E-state index >= 15 is 0 Å². The van der Waals surface area contributed by atoms with E-state index in [1.807, 2.05) is 57.0 Å². The van der Waals surface area contributed by atoms with Crippen LogP contribution in [0.1, 0.15) is 56.5 Å². The van der Waals surface area contributed by atoms with Crippen LogP contribution in [-0.2, 0) is 11.2 Å². The van der Waals surface area contributed by atoms with Crippen LogP contribution < -0.4 is 5.32 Å². The fraction of sp³-hybridized carbons (Fsp3) is 0.600. The number of hydrogen-bond acceptors (Lipinski definition) is 2. The molecular weight excluding hydrogens is 300 g/mol. The lowest BCUT2D eigenvalue weighted by Crippen LogP contribution is -2.40. The molecule has 2 amide bonds. The second kappa shape index (κ2) is 7.37. The number of amides is 2. The van der Waals surface area contributed by atoms with Gasteiger partial charge in [-0.1, -0.05) is 19.1 Å². The summed E-state index contributed by atoms with van der Waals surface area (Å²) in [5.41, 5.74) is 1.72. The summed E-state index contributed by atoms with van der Waals surface area (Å²) in [7, 11) is 1.89. The average molecular weight is 330 g/mol. The summed E-state index contributed by atoms with van der Waals surface area (Å²) < 4.78 is 0. The van der Waals surface area contributed by atoms with Crippen molar-refractivity contribution in [2.75, 3.05) is 13.6 Å². The van der Waals surface area contributed by atoms with Crippen LogP contribution >= 0.6 is 0 Å². The average Bonchev–Trinajstić information content (AvgIpc) is 2.49. The molecule has 1 aliphatic heterocycles. The molecule has 0 bridgehead atoms. The van der Waals surface area contributed by atoms with Gasteiger partial charge in [-0.2, -0.15) is 0 Å². The second-order valence-electron chi connectivity index (χ2n) is 8.16. The highest BCUT2D eigenvalue weighted by Gasteiger charge is 2.27. The lowest BCUT2D eigenvalue weighted by molar-refractivity contribution is -0.133. The van der Waals surface area contributed by atoms with Crippen molar-refractivity contribution >= 4 is 11.8 Å². The Balaban J connectivity index is 1.94. The molecule has 2 unspecified atom stereocenters. The van der Waals surface area contributed by atoms with Crippen molar-refractivity contribution in [3.63, 3.8) is 0 Å². The van der Waals surface area contributed by atoms with Gasteiger partial charge in [-0.3, -0.25) is 9.59 Å². The quantitative estimate of drug-likeness (QED) is 0.921. The molecule has 1 saturated heterocycles. The number of rotatable bonds is 4. The number of piperidine rings is 1. The minimum atomic E-state index is -0.227. The highest BCUT2D eigenvalue weighted by atomic mass is 16.2. The molecule has 0 aliphatic carbocycles. The predicted octanol–water partition coefficient (Wildman–Crippen LogP) is 3.26. The first kappa shape index (κ1) is 18.5. The van der Waals surface area contributed by atoms with Crippen LogP contribution in [-0.4, -0.2) is 35.8 Å². The highest BCUT2D eigenvalue weighted by Crippen LogP contribution is 2.26. The van der Waals surface area contributed by atoms with Crippen LogP contribution in [0.25, 0.3) is 0 Å². The van der Waals surface area contributed by atoms with E-state index < -0.39 is 0 Å². The molecule has 24 heavy (non-hydrogen) atoms. The maximum Gasteiger partial charge on any atom is 0.251 e. The van der Waals surface area contributed by atoms with Gasteiger partial charge < -0.3 is 10.2 Å².